The van der Waals surface area contributed by atoms with Gasteiger partial charge in [0.25, 0.3) is 0 Å². The van der Waals surface area contributed by atoms with Crippen LogP contribution in [0.1, 0.15) is 6.42 Å². The molecule has 0 bridgehead atoms. The number of aliphatic carboxylic acids is 1. The van der Waals surface area contributed by atoms with Crippen molar-refractivity contribution in [2.24, 2.45) is 5.41 Å². The number of hydrogen-bond acceptors (Lipinski definition) is 5. The van der Waals surface area contributed by atoms with E-state index in [-0.39, 0.29) is 6.54 Å². The summed E-state index contributed by atoms with van der Waals surface area (Å²) in [7, 11) is 0. The van der Waals surface area contributed by atoms with Crippen molar-refractivity contribution >= 4 is 22.6 Å². The van der Waals surface area contributed by atoms with Gasteiger partial charge < -0.3 is 10.0 Å². The van der Waals surface area contributed by atoms with Crippen molar-refractivity contribution in [1.82, 2.24) is 9.36 Å². The van der Waals surface area contributed by atoms with Crippen LogP contribution in [-0.4, -0.2) is 39.7 Å². The highest BCUT2D eigenvalue weighted by molar-refractivity contribution is 7.09. The second kappa shape index (κ2) is 3.83. The predicted octanol–water partition coefficient (Wildman–Crippen LogP) is 1.38. The average molecular weight is 267 g/mol. The fraction of sp³-hybridized carbons (Fsp3) is 0.625. The lowest BCUT2D eigenvalue weighted by Gasteiger charge is -2.26. The molecular weight excluding hydrogens is 259 g/mol. The van der Waals surface area contributed by atoms with Gasteiger partial charge in [0.05, 0.1) is 0 Å². The van der Waals surface area contributed by atoms with Crippen molar-refractivity contribution in [1.29, 1.82) is 0 Å². The summed E-state index contributed by atoms with van der Waals surface area (Å²) in [6.45, 7) is -0.595. The zero-order valence-electron chi connectivity index (χ0n) is 8.44. The Labute approximate surface area is 98.0 Å². The van der Waals surface area contributed by atoms with Crippen LogP contribution in [-0.2, 0) is 4.79 Å². The SMILES string of the molecule is O=C(O)C1(C(F)(F)F)CCN(c2ncns2)C1. The molecule has 1 saturated heterocycles. The number of carbonyl (C=O) groups is 1. The molecule has 2 heterocycles. The van der Waals surface area contributed by atoms with E-state index in [9.17, 15) is 18.0 Å². The van der Waals surface area contributed by atoms with Crippen LogP contribution < -0.4 is 4.90 Å². The maximum Gasteiger partial charge on any atom is 0.406 e. The topological polar surface area (TPSA) is 66.3 Å². The number of halogens is 3. The lowest BCUT2D eigenvalue weighted by atomic mass is 9.86. The Kier molecular flexibility index (Phi) is 2.72. The molecule has 1 atom stereocenters. The second-order valence-corrected chi connectivity index (χ2v) is 4.54. The first-order valence-corrected chi connectivity index (χ1v) is 5.46. The van der Waals surface area contributed by atoms with Crippen molar-refractivity contribution in [2.45, 2.75) is 12.6 Å². The minimum atomic E-state index is -4.77. The number of alkyl halides is 3. The molecule has 0 aliphatic carbocycles. The Bertz CT molecular complexity index is 422. The number of rotatable bonds is 2. The Hall–Kier alpha value is -1.38. The van der Waals surface area contributed by atoms with Crippen LogP contribution in [0.4, 0.5) is 18.3 Å². The van der Waals surface area contributed by atoms with Gasteiger partial charge in [0.1, 0.15) is 6.33 Å². The highest BCUT2D eigenvalue weighted by Crippen LogP contribution is 2.46. The molecular formula is C8H8F3N3O2S. The standard InChI is InChI=1S/C8H8F3N3O2S/c9-8(10,11)7(5(15)16)1-2-14(3-7)6-12-4-13-17-6/h4H,1-3H2,(H,15,16). The van der Waals surface area contributed by atoms with Crippen molar-refractivity contribution in [2.75, 3.05) is 18.0 Å². The van der Waals surface area contributed by atoms with Crippen LogP contribution in [0.15, 0.2) is 6.33 Å². The molecule has 0 spiro atoms. The summed E-state index contributed by atoms with van der Waals surface area (Å²) < 4.78 is 42.2. The number of hydrogen-bond donors (Lipinski definition) is 1. The molecule has 94 valence electrons. The predicted molar refractivity (Wildman–Crippen MR) is 52.9 cm³/mol. The van der Waals surface area contributed by atoms with Crippen molar-refractivity contribution < 1.29 is 23.1 Å². The molecule has 9 heteroatoms. The van der Waals surface area contributed by atoms with E-state index in [2.05, 4.69) is 9.36 Å². The van der Waals surface area contributed by atoms with Crippen molar-refractivity contribution in [3.8, 4) is 0 Å². The van der Waals surface area contributed by atoms with E-state index in [0.29, 0.717) is 5.13 Å². The van der Waals surface area contributed by atoms with Gasteiger partial charge in [-0.25, -0.2) is 4.98 Å². The van der Waals surface area contributed by atoms with E-state index in [1.165, 1.54) is 11.2 Å². The number of carboxylic acids is 1. The minimum absolute atomic E-state index is 0.0149. The number of aromatic nitrogens is 2. The Balaban J connectivity index is 2.27. The molecule has 1 aliphatic heterocycles. The fourth-order valence-electron chi connectivity index (χ4n) is 1.81. The number of anilines is 1. The summed E-state index contributed by atoms with van der Waals surface area (Å²) >= 11 is 0.948. The van der Waals surface area contributed by atoms with Gasteiger partial charge in [-0.1, -0.05) is 0 Å². The molecule has 1 aromatic heterocycles. The second-order valence-electron chi connectivity index (χ2n) is 3.78. The van der Waals surface area contributed by atoms with Gasteiger partial charge in [0.2, 0.25) is 5.13 Å². The molecule has 0 saturated carbocycles. The van der Waals surface area contributed by atoms with Gasteiger partial charge in [-0.05, 0) is 6.42 Å². The van der Waals surface area contributed by atoms with Crippen LogP contribution in [0.5, 0.6) is 0 Å². The van der Waals surface area contributed by atoms with Crippen molar-refractivity contribution in [3.63, 3.8) is 0 Å². The highest BCUT2D eigenvalue weighted by Gasteiger charge is 2.64. The summed E-state index contributed by atoms with van der Waals surface area (Å²) in [5, 5.41) is 9.15. The van der Waals surface area contributed by atoms with E-state index in [0.717, 1.165) is 11.5 Å². The lowest BCUT2D eigenvalue weighted by Crippen LogP contribution is -2.47. The quantitative estimate of drug-likeness (QED) is 0.877. The molecule has 17 heavy (non-hydrogen) atoms. The molecule has 0 radical (unpaired) electrons. The number of carboxylic acid groups (broad SMARTS) is 1. The van der Waals surface area contributed by atoms with Gasteiger partial charge >= 0.3 is 12.1 Å². The zero-order valence-corrected chi connectivity index (χ0v) is 9.25. The largest absolute Gasteiger partial charge is 0.481 e. The third kappa shape index (κ3) is 1.84. The van der Waals surface area contributed by atoms with Gasteiger partial charge in [-0.3, -0.25) is 4.79 Å². The summed E-state index contributed by atoms with van der Waals surface area (Å²) in [5.74, 6) is -1.84. The normalized spacial score (nSPS) is 25.2. The summed E-state index contributed by atoms with van der Waals surface area (Å²) in [6.07, 6.45) is -4.00. The maximum absolute atomic E-state index is 12.8. The Morgan fingerprint density at radius 3 is 2.71 bits per heavy atom. The lowest BCUT2D eigenvalue weighted by molar-refractivity contribution is -0.225. The third-order valence-corrected chi connectivity index (χ3v) is 3.57. The molecule has 1 N–H and O–H groups in total. The zero-order chi connectivity index (χ0) is 12.7. The summed E-state index contributed by atoms with van der Waals surface area (Å²) in [4.78, 5) is 16.0. The third-order valence-electron chi connectivity index (χ3n) is 2.84. The van der Waals surface area contributed by atoms with Crippen LogP contribution in [0.25, 0.3) is 0 Å². The van der Waals surface area contributed by atoms with E-state index >= 15 is 0 Å². The smallest absolute Gasteiger partial charge is 0.406 e. The molecule has 1 aliphatic rings. The van der Waals surface area contributed by atoms with E-state index in [1.54, 1.807) is 0 Å². The first-order chi connectivity index (χ1) is 7.87. The molecule has 2 rings (SSSR count). The van der Waals surface area contributed by atoms with E-state index in [1.807, 2.05) is 0 Å². The molecule has 5 nitrogen and oxygen atoms in total. The van der Waals surface area contributed by atoms with Crippen molar-refractivity contribution in [3.05, 3.63) is 6.33 Å². The monoisotopic (exact) mass is 267 g/mol. The summed E-state index contributed by atoms with van der Waals surface area (Å²) in [6, 6.07) is 0. The average Bonchev–Trinajstić information content (AvgIpc) is 2.86. The Morgan fingerprint density at radius 2 is 2.29 bits per heavy atom. The van der Waals surface area contributed by atoms with Gasteiger partial charge in [0.15, 0.2) is 5.41 Å². The molecule has 1 fully saturated rings. The van der Waals surface area contributed by atoms with Crippen LogP contribution in [0, 0.1) is 5.41 Å². The maximum atomic E-state index is 12.8. The molecule has 0 aromatic carbocycles. The first kappa shape index (κ1) is 12.1. The van der Waals surface area contributed by atoms with Gasteiger partial charge in [0, 0.05) is 24.6 Å². The Morgan fingerprint density at radius 1 is 1.59 bits per heavy atom. The highest BCUT2D eigenvalue weighted by atomic mass is 32.1. The van der Waals surface area contributed by atoms with Gasteiger partial charge in [-0.2, -0.15) is 17.5 Å². The van der Waals surface area contributed by atoms with E-state index in [4.69, 9.17) is 5.11 Å². The first-order valence-electron chi connectivity index (χ1n) is 4.68. The van der Waals surface area contributed by atoms with Gasteiger partial charge in [-0.15, -0.1) is 0 Å². The molecule has 1 aromatic rings. The fourth-order valence-corrected chi connectivity index (χ4v) is 2.36. The minimum Gasteiger partial charge on any atom is -0.481 e. The molecule has 0 amide bonds. The van der Waals surface area contributed by atoms with Crippen LogP contribution >= 0.6 is 11.5 Å². The number of nitrogens with zero attached hydrogens (tertiary/aromatic N) is 3. The molecule has 1 unspecified atom stereocenters. The van der Waals surface area contributed by atoms with Crippen LogP contribution in [0.3, 0.4) is 0 Å². The van der Waals surface area contributed by atoms with E-state index < -0.39 is 30.5 Å². The van der Waals surface area contributed by atoms with Crippen LogP contribution in [0.2, 0.25) is 0 Å². The summed E-state index contributed by atoms with van der Waals surface area (Å²) in [5.41, 5.74) is -2.70.